The number of imide groups is 1. The first-order valence-corrected chi connectivity index (χ1v) is 5.91. The van der Waals surface area contributed by atoms with E-state index < -0.39 is 0 Å². The number of nitrogens with zero attached hydrogens (tertiary/aromatic N) is 3. The fraction of sp³-hybridized carbons (Fsp3) is 0.444. The third-order valence-corrected chi connectivity index (χ3v) is 3.13. The first-order valence-electron chi connectivity index (χ1n) is 4.93. The summed E-state index contributed by atoms with van der Waals surface area (Å²) in [4.78, 5) is 23.8. The maximum absolute atomic E-state index is 11.3. The van der Waals surface area contributed by atoms with Gasteiger partial charge < -0.3 is 5.73 Å². The fourth-order valence-corrected chi connectivity index (χ4v) is 2.24. The van der Waals surface area contributed by atoms with Gasteiger partial charge in [0.05, 0.1) is 5.75 Å². The maximum Gasteiger partial charge on any atom is 0.288 e. The molecule has 0 aromatic carbocycles. The van der Waals surface area contributed by atoms with Gasteiger partial charge in [-0.25, -0.2) is 0 Å². The highest BCUT2D eigenvalue weighted by Gasteiger charge is 2.28. The van der Waals surface area contributed by atoms with Gasteiger partial charge >= 0.3 is 0 Å². The van der Waals surface area contributed by atoms with Crippen molar-refractivity contribution in [3.05, 3.63) is 12.3 Å². The monoisotopic (exact) mass is 240 g/mol. The van der Waals surface area contributed by atoms with E-state index >= 15 is 0 Å². The van der Waals surface area contributed by atoms with Gasteiger partial charge in [0.1, 0.15) is 5.82 Å². The van der Waals surface area contributed by atoms with Gasteiger partial charge in [-0.15, -0.1) is 0 Å². The zero-order chi connectivity index (χ0) is 11.5. The van der Waals surface area contributed by atoms with E-state index in [1.165, 1.54) is 4.90 Å². The van der Waals surface area contributed by atoms with Crippen molar-refractivity contribution in [1.82, 2.24) is 14.7 Å². The summed E-state index contributed by atoms with van der Waals surface area (Å²) in [5, 5.41) is 3.87. The molecular weight excluding hydrogens is 228 g/mol. The first kappa shape index (κ1) is 11.0. The minimum absolute atomic E-state index is 0.102. The number of thioether (sulfide) groups is 1. The minimum Gasteiger partial charge on any atom is -0.382 e. The smallest absolute Gasteiger partial charge is 0.288 e. The number of anilines is 1. The van der Waals surface area contributed by atoms with E-state index in [0.717, 1.165) is 11.8 Å². The average Bonchev–Trinajstić information content (AvgIpc) is 2.78. The summed E-state index contributed by atoms with van der Waals surface area (Å²) in [5.41, 5.74) is 5.46. The number of nitrogen functional groups attached to an aromatic ring is 1. The van der Waals surface area contributed by atoms with E-state index in [0.29, 0.717) is 25.3 Å². The first-order chi connectivity index (χ1) is 7.66. The lowest BCUT2D eigenvalue weighted by Gasteiger charge is -2.11. The summed E-state index contributed by atoms with van der Waals surface area (Å²) in [6.45, 7) is 1.10. The second kappa shape index (κ2) is 4.56. The van der Waals surface area contributed by atoms with Crippen molar-refractivity contribution in [2.75, 3.05) is 18.0 Å². The molecule has 0 radical (unpaired) electrons. The van der Waals surface area contributed by atoms with Gasteiger partial charge in [-0.05, 0) is 12.5 Å². The van der Waals surface area contributed by atoms with Gasteiger partial charge in [0.15, 0.2) is 0 Å². The summed E-state index contributed by atoms with van der Waals surface area (Å²) in [6, 6.07) is 1.71. The van der Waals surface area contributed by atoms with Crippen molar-refractivity contribution in [1.29, 1.82) is 0 Å². The molecule has 0 aliphatic carbocycles. The second-order valence-electron chi connectivity index (χ2n) is 3.46. The molecule has 2 amide bonds. The lowest BCUT2D eigenvalue weighted by atomic mass is 10.4. The maximum atomic E-state index is 11.3. The van der Waals surface area contributed by atoms with E-state index in [-0.39, 0.29) is 16.9 Å². The quantitative estimate of drug-likeness (QED) is 0.831. The van der Waals surface area contributed by atoms with Crippen molar-refractivity contribution in [2.45, 2.75) is 13.0 Å². The highest BCUT2D eigenvalue weighted by atomic mass is 32.2. The molecule has 1 aromatic rings. The van der Waals surface area contributed by atoms with Crippen LogP contribution in [0.25, 0.3) is 0 Å². The van der Waals surface area contributed by atoms with Crippen LogP contribution in [0.15, 0.2) is 12.3 Å². The Balaban J connectivity index is 1.80. The normalized spacial score (nSPS) is 16.1. The molecule has 7 heteroatoms. The summed E-state index contributed by atoms with van der Waals surface area (Å²) >= 11 is 1.06. The highest BCUT2D eigenvalue weighted by molar-refractivity contribution is 8.14. The van der Waals surface area contributed by atoms with Crippen LogP contribution in [0.1, 0.15) is 6.42 Å². The van der Waals surface area contributed by atoms with Crippen LogP contribution in [0.4, 0.5) is 10.6 Å². The lowest BCUT2D eigenvalue weighted by molar-refractivity contribution is -0.124. The second-order valence-corrected chi connectivity index (χ2v) is 4.38. The molecule has 2 heterocycles. The van der Waals surface area contributed by atoms with Crippen LogP contribution >= 0.6 is 11.8 Å². The Kier molecular flexibility index (Phi) is 3.14. The van der Waals surface area contributed by atoms with Crippen LogP contribution in [0, 0.1) is 0 Å². The molecule has 6 nitrogen and oxygen atoms in total. The predicted octanol–water partition coefficient (Wildman–Crippen LogP) is 0.551. The molecule has 0 spiro atoms. The van der Waals surface area contributed by atoms with E-state index in [9.17, 15) is 9.59 Å². The van der Waals surface area contributed by atoms with Gasteiger partial charge in [0.2, 0.25) is 5.91 Å². The Bertz CT molecular complexity index is 401. The van der Waals surface area contributed by atoms with E-state index in [1.807, 2.05) is 0 Å². The Hall–Kier alpha value is -1.50. The topological polar surface area (TPSA) is 81.2 Å². The number of carbonyl (C=O) groups excluding carboxylic acids is 2. The third-order valence-electron chi connectivity index (χ3n) is 2.27. The summed E-state index contributed by atoms with van der Waals surface area (Å²) in [6.07, 6.45) is 2.47. The molecule has 1 aliphatic rings. The molecule has 0 unspecified atom stereocenters. The van der Waals surface area contributed by atoms with Crippen LogP contribution < -0.4 is 5.73 Å². The molecule has 16 heavy (non-hydrogen) atoms. The van der Waals surface area contributed by atoms with Gasteiger partial charge in [-0.3, -0.25) is 19.2 Å². The van der Waals surface area contributed by atoms with Crippen molar-refractivity contribution in [3.8, 4) is 0 Å². The highest BCUT2D eigenvalue weighted by Crippen LogP contribution is 2.18. The third kappa shape index (κ3) is 2.35. The number of aromatic nitrogens is 2. The van der Waals surface area contributed by atoms with Gasteiger partial charge in [0, 0.05) is 19.3 Å². The van der Waals surface area contributed by atoms with Crippen LogP contribution in [0.5, 0.6) is 0 Å². The number of hydrogen-bond donors (Lipinski definition) is 1. The molecular formula is C9H12N4O2S. The Morgan fingerprint density at radius 3 is 2.81 bits per heavy atom. The largest absolute Gasteiger partial charge is 0.382 e. The summed E-state index contributed by atoms with van der Waals surface area (Å²) < 4.78 is 1.70. The standard InChI is InChI=1S/C9H12N4O2S/c10-7-2-5-12(11-7)3-1-4-13-8(14)6-16-9(13)15/h2,5H,1,3-4,6H2,(H2,10,11). The zero-order valence-corrected chi connectivity index (χ0v) is 9.44. The lowest BCUT2D eigenvalue weighted by Crippen LogP contribution is -2.30. The molecule has 86 valence electrons. The Morgan fingerprint density at radius 1 is 1.44 bits per heavy atom. The van der Waals surface area contributed by atoms with Gasteiger partial charge in [-0.2, -0.15) is 5.10 Å². The van der Waals surface area contributed by atoms with Crippen molar-refractivity contribution < 1.29 is 9.59 Å². The zero-order valence-electron chi connectivity index (χ0n) is 8.63. The van der Waals surface area contributed by atoms with Crippen LogP contribution in [-0.4, -0.2) is 38.1 Å². The molecule has 2 N–H and O–H groups in total. The number of rotatable bonds is 4. The van der Waals surface area contributed by atoms with E-state index in [4.69, 9.17) is 5.73 Å². The summed E-state index contributed by atoms with van der Waals surface area (Å²) in [7, 11) is 0. The molecule has 1 saturated heterocycles. The van der Waals surface area contributed by atoms with Crippen LogP contribution in [0.3, 0.4) is 0 Å². The van der Waals surface area contributed by atoms with Crippen molar-refractivity contribution in [3.63, 3.8) is 0 Å². The molecule has 0 saturated carbocycles. The molecule has 1 fully saturated rings. The van der Waals surface area contributed by atoms with Crippen molar-refractivity contribution >= 4 is 28.7 Å². The average molecular weight is 240 g/mol. The minimum atomic E-state index is -0.148. The van der Waals surface area contributed by atoms with Gasteiger partial charge in [-0.1, -0.05) is 11.8 Å². The number of amides is 2. The molecule has 1 aromatic heterocycles. The van der Waals surface area contributed by atoms with Crippen molar-refractivity contribution in [2.24, 2.45) is 0 Å². The summed E-state index contributed by atoms with van der Waals surface area (Å²) in [5.74, 6) is 0.645. The predicted molar refractivity (Wildman–Crippen MR) is 60.8 cm³/mol. The molecule has 0 bridgehead atoms. The SMILES string of the molecule is Nc1ccn(CCCN2C(=O)CSC2=O)n1. The fourth-order valence-electron chi connectivity index (χ4n) is 1.49. The molecule has 2 rings (SSSR count). The van der Waals surface area contributed by atoms with E-state index in [2.05, 4.69) is 5.10 Å². The van der Waals surface area contributed by atoms with Crippen LogP contribution in [0.2, 0.25) is 0 Å². The van der Waals surface area contributed by atoms with Gasteiger partial charge in [0.25, 0.3) is 5.24 Å². The Morgan fingerprint density at radius 2 is 2.25 bits per heavy atom. The Labute approximate surface area is 96.8 Å². The number of aryl methyl sites for hydroxylation is 1. The number of hydrogen-bond acceptors (Lipinski definition) is 5. The molecule has 1 aliphatic heterocycles. The van der Waals surface area contributed by atoms with E-state index in [1.54, 1.807) is 16.9 Å². The molecule has 0 atom stereocenters. The number of carbonyl (C=O) groups is 2. The number of nitrogens with two attached hydrogens (primary N) is 1. The van der Waals surface area contributed by atoms with Crippen LogP contribution in [-0.2, 0) is 11.3 Å².